The van der Waals surface area contributed by atoms with Crippen LogP contribution < -0.4 is 0 Å². The largest absolute Gasteiger partial charge is 0.389 e. The van der Waals surface area contributed by atoms with Gasteiger partial charge < -0.3 is 10.2 Å². The van der Waals surface area contributed by atoms with Crippen LogP contribution in [0.25, 0.3) is 0 Å². The summed E-state index contributed by atoms with van der Waals surface area (Å²) in [5, 5.41) is 28.8. The molecule has 0 amide bonds. The maximum Gasteiger partial charge on any atom is 0.278 e. The second kappa shape index (κ2) is 6.00. The summed E-state index contributed by atoms with van der Waals surface area (Å²) in [6, 6.07) is 9.19. The summed E-state index contributed by atoms with van der Waals surface area (Å²) in [5.74, 6) is 0. The van der Waals surface area contributed by atoms with Gasteiger partial charge in [0, 0.05) is 9.82 Å². The van der Waals surface area contributed by atoms with Crippen molar-refractivity contribution in [3.8, 4) is 0 Å². The minimum atomic E-state index is -1.71. The fourth-order valence-electron chi connectivity index (χ4n) is 1.38. The van der Waals surface area contributed by atoms with Crippen LogP contribution in [0.15, 0.2) is 35.2 Å². The van der Waals surface area contributed by atoms with Crippen molar-refractivity contribution in [1.82, 2.24) is 0 Å². The molecule has 1 atom stereocenters. The van der Waals surface area contributed by atoms with E-state index in [0.29, 0.717) is 0 Å². The van der Waals surface area contributed by atoms with Crippen LogP contribution >= 0.6 is 11.8 Å². The Kier molecular flexibility index (Phi) is 4.92. The molecule has 0 fully saturated rings. The lowest BCUT2D eigenvalue weighted by molar-refractivity contribution is -0.575. The summed E-state index contributed by atoms with van der Waals surface area (Å²) in [6.45, 7) is 0.266. The molecule has 1 rings (SSSR count). The molecular weight excluding hydrogens is 242 g/mol. The Labute approximate surface area is 104 Å². The summed E-state index contributed by atoms with van der Waals surface area (Å²) < 4.78 is 0. The molecule has 0 aliphatic carbocycles. The molecule has 0 radical (unpaired) electrons. The summed E-state index contributed by atoms with van der Waals surface area (Å²) in [5.41, 5.74) is -1.71. The highest BCUT2D eigenvalue weighted by Gasteiger charge is 2.48. The van der Waals surface area contributed by atoms with Gasteiger partial charge in [0.15, 0.2) is 0 Å². The van der Waals surface area contributed by atoms with Gasteiger partial charge >= 0.3 is 0 Å². The van der Waals surface area contributed by atoms with Gasteiger partial charge in [0.2, 0.25) is 0 Å². The van der Waals surface area contributed by atoms with Crippen molar-refractivity contribution in [1.29, 1.82) is 0 Å². The van der Waals surface area contributed by atoms with Crippen molar-refractivity contribution in [2.75, 3.05) is 13.2 Å². The lowest BCUT2D eigenvalue weighted by atomic mass is 9.99. The van der Waals surface area contributed by atoms with Crippen LogP contribution in [0.2, 0.25) is 0 Å². The minimum Gasteiger partial charge on any atom is -0.389 e. The van der Waals surface area contributed by atoms with Gasteiger partial charge in [0.05, 0.1) is 5.25 Å². The van der Waals surface area contributed by atoms with Crippen LogP contribution in [0.5, 0.6) is 0 Å². The first-order chi connectivity index (χ1) is 8.06. The molecule has 2 N–H and O–H groups in total. The van der Waals surface area contributed by atoms with Crippen LogP contribution in [0, 0.1) is 10.1 Å². The van der Waals surface area contributed by atoms with E-state index in [2.05, 4.69) is 0 Å². The highest BCUT2D eigenvalue weighted by molar-refractivity contribution is 8.00. The van der Waals surface area contributed by atoms with Crippen molar-refractivity contribution >= 4 is 11.8 Å². The average Bonchev–Trinajstić information content (AvgIpc) is 2.32. The SMILES string of the molecule is C[C@@H](Sc1ccccc1)C(CO)(CO)[N+](=O)[O-]. The standard InChI is InChI=1S/C11H15NO4S/c1-9(11(7-13,8-14)12(15)16)17-10-5-3-2-4-6-10/h2-6,9,13-14H,7-8H2,1H3/t9-/m1/s1. The van der Waals surface area contributed by atoms with E-state index < -0.39 is 28.9 Å². The van der Waals surface area contributed by atoms with Gasteiger partial charge in [-0.15, -0.1) is 11.8 Å². The normalized spacial score (nSPS) is 13.4. The summed E-state index contributed by atoms with van der Waals surface area (Å²) in [7, 11) is 0. The van der Waals surface area contributed by atoms with E-state index in [0.717, 1.165) is 4.90 Å². The van der Waals surface area contributed by atoms with E-state index in [1.54, 1.807) is 6.92 Å². The Bertz CT molecular complexity index is 367. The predicted molar refractivity (Wildman–Crippen MR) is 65.7 cm³/mol. The molecule has 94 valence electrons. The number of rotatable bonds is 6. The lowest BCUT2D eigenvalue weighted by Crippen LogP contribution is -2.53. The molecule has 0 aliphatic heterocycles. The zero-order valence-corrected chi connectivity index (χ0v) is 10.3. The Morgan fingerprint density at radius 2 is 1.88 bits per heavy atom. The van der Waals surface area contributed by atoms with E-state index >= 15 is 0 Å². The Hall–Kier alpha value is -1.11. The molecule has 0 unspecified atom stereocenters. The number of nitrogens with zero attached hydrogens (tertiary/aromatic N) is 1. The van der Waals surface area contributed by atoms with Gasteiger partial charge in [0.1, 0.15) is 13.2 Å². The first-order valence-corrected chi connectivity index (χ1v) is 6.02. The molecule has 6 heteroatoms. The quantitative estimate of drug-likeness (QED) is 0.454. The second-order valence-corrected chi connectivity index (χ2v) is 5.16. The van der Waals surface area contributed by atoms with Gasteiger partial charge in [0.25, 0.3) is 5.54 Å². The molecule has 1 aromatic rings. The van der Waals surface area contributed by atoms with Gasteiger partial charge in [-0.05, 0) is 19.1 Å². The molecule has 0 bridgehead atoms. The number of benzene rings is 1. The van der Waals surface area contributed by atoms with E-state index in [4.69, 9.17) is 0 Å². The maximum atomic E-state index is 11.0. The first-order valence-electron chi connectivity index (χ1n) is 5.14. The molecular formula is C11H15NO4S. The monoisotopic (exact) mass is 257 g/mol. The molecule has 17 heavy (non-hydrogen) atoms. The third-order valence-electron chi connectivity index (χ3n) is 2.72. The maximum absolute atomic E-state index is 11.0. The Morgan fingerprint density at radius 1 is 1.35 bits per heavy atom. The van der Waals surface area contributed by atoms with Crippen molar-refractivity contribution in [2.24, 2.45) is 0 Å². The van der Waals surface area contributed by atoms with Crippen LogP contribution in [0.4, 0.5) is 0 Å². The third kappa shape index (κ3) is 2.96. The van der Waals surface area contributed by atoms with Crippen LogP contribution in [0.1, 0.15) is 6.92 Å². The molecule has 1 aromatic carbocycles. The lowest BCUT2D eigenvalue weighted by Gasteiger charge is -2.26. The van der Waals surface area contributed by atoms with Crippen LogP contribution in [-0.4, -0.2) is 39.1 Å². The third-order valence-corrected chi connectivity index (χ3v) is 4.06. The molecule has 0 spiro atoms. The van der Waals surface area contributed by atoms with E-state index in [1.807, 2.05) is 30.3 Å². The smallest absolute Gasteiger partial charge is 0.278 e. The van der Waals surface area contributed by atoms with Crippen molar-refractivity contribution in [3.63, 3.8) is 0 Å². The number of thioether (sulfide) groups is 1. The summed E-state index contributed by atoms with van der Waals surface area (Å²) in [6.07, 6.45) is 0. The van der Waals surface area contributed by atoms with Crippen LogP contribution in [0.3, 0.4) is 0 Å². The topological polar surface area (TPSA) is 83.6 Å². The van der Waals surface area contributed by atoms with Gasteiger partial charge in [-0.25, -0.2) is 0 Å². The van der Waals surface area contributed by atoms with E-state index in [9.17, 15) is 20.3 Å². The molecule has 0 aliphatic rings. The summed E-state index contributed by atoms with van der Waals surface area (Å²) in [4.78, 5) is 11.3. The Morgan fingerprint density at radius 3 is 2.29 bits per heavy atom. The molecule has 0 saturated heterocycles. The predicted octanol–water partition coefficient (Wildman–Crippen LogP) is 1.17. The fraction of sp³-hybridized carbons (Fsp3) is 0.455. The molecule has 0 aromatic heterocycles. The zero-order valence-electron chi connectivity index (χ0n) is 9.44. The van der Waals surface area contributed by atoms with E-state index in [1.165, 1.54) is 11.8 Å². The highest BCUT2D eigenvalue weighted by Crippen LogP contribution is 2.31. The highest BCUT2D eigenvalue weighted by atomic mass is 32.2. The number of hydrogen-bond acceptors (Lipinski definition) is 5. The molecule has 5 nitrogen and oxygen atoms in total. The number of aliphatic hydroxyl groups excluding tert-OH is 2. The van der Waals surface area contributed by atoms with Crippen LogP contribution in [-0.2, 0) is 0 Å². The first kappa shape index (κ1) is 14.0. The number of aliphatic hydroxyl groups is 2. The Balaban J connectivity index is 2.86. The second-order valence-electron chi connectivity index (χ2n) is 3.75. The van der Waals surface area contributed by atoms with Gasteiger partial charge in [-0.1, -0.05) is 18.2 Å². The fourth-order valence-corrected chi connectivity index (χ4v) is 2.56. The van der Waals surface area contributed by atoms with Gasteiger partial charge in [-0.3, -0.25) is 10.1 Å². The summed E-state index contributed by atoms with van der Waals surface area (Å²) >= 11 is 1.27. The van der Waals surface area contributed by atoms with E-state index in [-0.39, 0.29) is 0 Å². The number of hydrogen-bond donors (Lipinski definition) is 2. The average molecular weight is 257 g/mol. The zero-order chi connectivity index (χ0) is 12.9. The molecule has 0 saturated carbocycles. The molecule has 0 heterocycles. The number of nitro groups is 1. The van der Waals surface area contributed by atoms with Crippen molar-refractivity contribution < 1.29 is 15.1 Å². The van der Waals surface area contributed by atoms with Crippen molar-refractivity contribution in [2.45, 2.75) is 22.6 Å². The van der Waals surface area contributed by atoms with Gasteiger partial charge in [-0.2, -0.15) is 0 Å². The minimum absolute atomic E-state index is 0.533. The van der Waals surface area contributed by atoms with Crippen molar-refractivity contribution in [3.05, 3.63) is 40.4 Å².